The fraction of sp³-hybridized carbons (Fsp3) is 0.444. The van der Waals surface area contributed by atoms with E-state index in [1.54, 1.807) is 0 Å². The van der Waals surface area contributed by atoms with Crippen LogP contribution in [0.15, 0.2) is 12.1 Å². The fourth-order valence-corrected chi connectivity index (χ4v) is 5.34. The van der Waals surface area contributed by atoms with E-state index in [4.69, 9.17) is 11.6 Å². The molecule has 2 aliphatic rings. The lowest BCUT2D eigenvalue weighted by molar-refractivity contribution is 0.126. The highest BCUT2D eigenvalue weighted by Crippen LogP contribution is 2.54. The van der Waals surface area contributed by atoms with Gasteiger partial charge in [-0.3, -0.25) is 9.11 Å². The maximum atomic E-state index is 14.4. The largest absolute Gasteiger partial charge is 0.393 e. The second-order valence-electron chi connectivity index (χ2n) is 7.31. The number of hydrogen-bond acceptors (Lipinski definition) is 6. The molecule has 0 amide bonds. The molecule has 2 heterocycles. The Morgan fingerprint density at radius 3 is 2.46 bits per heavy atom. The lowest BCUT2D eigenvalue weighted by Gasteiger charge is -2.28. The predicted octanol–water partition coefficient (Wildman–Crippen LogP) is 4.55. The Labute approximate surface area is 167 Å². The van der Waals surface area contributed by atoms with Gasteiger partial charge in [-0.15, -0.1) is 0 Å². The minimum atomic E-state index is -2.87. The summed E-state index contributed by atoms with van der Waals surface area (Å²) in [4.78, 5) is 8.66. The zero-order valence-corrected chi connectivity index (χ0v) is 16.4. The van der Waals surface area contributed by atoms with Gasteiger partial charge in [-0.05, 0) is 37.8 Å². The molecule has 1 aromatic carbocycles. The number of fused-ring (bicyclic) bond motifs is 1. The Hall–Kier alpha value is -1.52. The predicted molar refractivity (Wildman–Crippen MR) is 105 cm³/mol. The fourth-order valence-electron chi connectivity index (χ4n) is 3.65. The van der Waals surface area contributed by atoms with Gasteiger partial charge in [-0.1, -0.05) is 11.6 Å². The first-order valence-electron chi connectivity index (χ1n) is 8.95. The minimum absolute atomic E-state index is 0.0255. The van der Waals surface area contributed by atoms with Crippen molar-refractivity contribution in [2.24, 2.45) is 0 Å². The van der Waals surface area contributed by atoms with Gasteiger partial charge in [0, 0.05) is 11.6 Å². The van der Waals surface area contributed by atoms with Gasteiger partial charge in [0.2, 0.25) is 0 Å². The maximum Gasteiger partial charge on any atom is 0.164 e. The van der Waals surface area contributed by atoms with E-state index in [-0.39, 0.29) is 40.1 Å². The molecular weight excluding hydrogens is 412 g/mol. The summed E-state index contributed by atoms with van der Waals surface area (Å²) in [5.41, 5.74) is 0.859. The molecule has 1 fully saturated rings. The van der Waals surface area contributed by atoms with Crippen LogP contribution in [0.3, 0.4) is 0 Å². The number of aromatic nitrogens is 2. The van der Waals surface area contributed by atoms with Crippen LogP contribution in [0.4, 0.5) is 14.6 Å². The monoisotopic (exact) mass is 431 g/mol. The first-order valence-corrected chi connectivity index (χ1v) is 11.2. The molecule has 28 heavy (non-hydrogen) atoms. The third-order valence-corrected chi connectivity index (χ3v) is 6.90. The number of hydrogen-bond donors (Lipinski definition) is 4. The summed E-state index contributed by atoms with van der Waals surface area (Å²) in [6.07, 6.45) is 2.46. The molecule has 6 nitrogen and oxygen atoms in total. The van der Waals surface area contributed by atoms with Crippen molar-refractivity contribution >= 4 is 28.0 Å². The van der Waals surface area contributed by atoms with E-state index >= 15 is 0 Å². The van der Waals surface area contributed by atoms with Crippen LogP contribution in [0.5, 0.6) is 0 Å². The summed E-state index contributed by atoms with van der Waals surface area (Å²) >= 11 is 5.63. The Balaban J connectivity index is 1.74. The van der Waals surface area contributed by atoms with Gasteiger partial charge < -0.3 is 10.4 Å². The summed E-state index contributed by atoms with van der Waals surface area (Å²) in [6.45, 7) is 0. The standard InChI is InChI=1S/C18H20ClF2N3O3S/c19-13-6-14(20)11(5-15(13)21)17-23-16-8-28(26,27)7-12(16)18(24-17)22-9-1-3-10(25)4-2-9/h5-6,9-10,25-27H,1-4,7-8H2,(H,22,23,24)/t9-,10-. The van der Waals surface area contributed by atoms with Crippen molar-refractivity contribution in [2.45, 2.75) is 49.3 Å². The highest BCUT2D eigenvalue weighted by molar-refractivity contribution is 8.23. The molecule has 0 unspecified atom stereocenters. The highest BCUT2D eigenvalue weighted by atomic mass is 35.5. The average molecular weight is 432 g/mol. The van der Waals surface area contributed by atoms with Gasteiger partial charge in [0.05, 0.1) is 33.9 Å². The molecule has 1 saturated carbocycles. The number of nitrogens with zero attached hydrogens (tertiary/aromatic N) is 2. The average Bonchev–Trinajstić information content (AvgIpc) is 2.94. The van der Waals surface area contributed by atoms with Crippen LogP contribution < -0.4 is 5.32 Å². The Bertz CT molecular complexity index is 923. The van der Waals surface area contributed by atoms with Crippen molar-refractivity contribution in [3.05, 3.63) is 40.0 Å². The third-order valence-electron chi connectivity index (χ3n) is 5.12. The molecule has 0 bridgehead atoms. The SMILES string of the molecule is OS1(O)Cc2nc(-c3cc(F)c(Cl)cc3F)nc(N[C@H]3CC[C@H](O)CC3)c2C1. The van der Waals surface area contributed by atoms with E-state index in [9.17, 15) is 23.0 Å². The second kappa shape index (κ2) is 7.38. The summed E-state index contributed by atoms with van der Waals surface area (Å²) < 4.78 is 48.5. The van der Waals surface area contributed by atoms with Crippen LogP contribution in [0, 0.1) is 11.6 Å². The van der Waals surface area contributed by atoms with Gasteiger partial charge in [0.15, 0.2) is 5.82 Å². The Kier molecular flexibility index (Phi) is 5.22. The lowest BCUT2D eigenvalue weighted by atomic mass is 9.93. The Morgan fingerprint density at radius 1 is 1.04 bits per heavy atom. The molecule has 4 rings (SSSR count). The Morgan fingerprint density at radius 2 is 1.75 bits per heavy atom. The first-order chi connectivity index (χ1) is 13.2. The highest BCUT2D eigenvalue weighted by Gasteiger charge is 2.32. The molecule has 152 valence electrons. The van der Waals surface area contributed by atoms with Crippen molar-refractivity contribution < 1.29 is 23.0 Å². The van der Waals surface area contributed by atoms with Gasteiger partial charge in [-0.2, -0.15) is 10.6 Å². The molecule has 1 aromatic heterocycles. The second-order valence-corrected chi connectivity index (χ2v) is 9.90. The summed E-state index contributed by atoms with van der Waals surface area (Å²) in [5.74, 6) is -1.22. The van der Waals surface area contributed by atoms with Crippen molar-refractivity contribution in [2.75, 3.05) is 5.32 Å². The van der Waals surface area contributed by atoms with E-state index in [0.29, 0.717) is 29.9 Å². The van der Waals surface area contributed by atoms with Gasteiger partial charge >= 0.3 is 0 Å². The molecule has 10 heteroatoms. The number of halogens is 3. The molecule has 0 atom stereocenters. The zero-order valence-electron chi connectivity index (χ0n) is 14.8. The van der Waals surface area contributed by atoms with Gasteiger partial charge in [0.25, 0.3) is 0 Å². The van der Waals surface area contributed by atoms with Gasteiger partial charge in [0.1, 0.15) is 17.5 Å². The summed E-state index contributed by atoms with van der Waals surface area (Å²) in [5, 5.41) is 12.6. The van der Waals surface area contributed by atoms with E-state index in [0.717, 1.165) is 25.0 Å². The molecule has 4 N–H and O–H groups in total. The van der Waals surface area contributed by atoms with Crippen LogP contribution in [0.2, 0.25) is 5.02 Å². The van der Waals surface area contributed by atoms with E-state index in [1.807, 2.05) is 0 Å². The van der Waals surface area contributed by atoms with E-state index < -0.39 is 22.2 Å². The minimum Gasteiger partial charge on any atom is -0.393 e. The van der Waals surface area contributed by atoms with Crippen LogP contribution in [0.25, 0.3) is 11.4 Å². The van der Waals surface area contributed by atoms with Crippen molar-refractivity contribution in [1.29, 1.82) is 0 Å². The normalized spacial score (nSPS) is 24.6. The van der Waals surface area contributed by atoms with Crippen LogP contribution in [-0.4, -0.2) is 36.3 Å². The van der Waals surface area contributed by atoms with E-state index in [1.165, 1.54) is 0 Å². The van der Waals surface area contributed by atoms with Crippen LogP contribution in [0.1, 0.15) is 36.9 Å². The van der Waals surface area contributed by atoms with Crippen LogP contribution >= 0.6 is 22.2 Å². The molecule has 1 aliphatic carbocycles. The topological polar surface area (TPSA) is 98.5 Å². The van der Waals surface area contributed by atoms with Gasteiger partial charge in [-0.25, -0.2) is 18.7 Å². The molecular formula is C18H20ClF2N3O3S. The lowest BCUT2D eigenvalue weighted by Crippen LogP contribution is -2.29. The molecule has 0 radical (unpaired) electrons. The maximum absolute atomic E-state index is 14.4. The smallest absolute Gasteiger partial charge is 0.164 e. The van der Waals surface area contributed by atoms with Crippen molar-refractivity contribution in [3.8, 4) is 11.4 Å². The number of aliphatic hydroxyl groups excluding tert-OH is 1. The van der Waals surface area contributed by atoms with Crippen LogP contribution in [-0.2, 0) is 11.5 Å². The quantitative estimate of drug-likeness (QED) is 0.532. The first kappa shape index (κ1) is 19.8. The number of nitrogens with one attached hydrogen (secondary N) is 1. The molecule has 0 saturated heterocycles. The zero-order chi connectivity index (χ0) is 20.1. The molecule has 0 spiro atoms. The summed E-state index contributed by atoms with van der Waals surface area (Å²) in [7, 11) is -2.87. The van der Waals surface area contributed by atoms with Crippen molar-refractivity contribution in [1.82, 2.24) is 9.97 Å². The third kappa shape index (κ3) is 3.95. The molecule has 2 aromatic rings. The number of benzene rings is 1. The number of anilines is 1. The number of aliphatic hydroxyl groups is 1. The summed E-state index contributed by atoms with van der Waals surface area (Å²) in [6, 6.07) is 1.85. The molecule has 1 aliphatic heterocycles. The van der Waals surface area contributed by atoms with Crippen molar-refractivity contribution in [3.63, 3.8) is 0 Å². The van der Waals surface area contributed by atoms with E-state index in [2.05, 4.69) is 15.3 Å². The number of rotatable bonds is 3.